The highest BCUT2D eigenvalue weighted by atomic mass is 14.8. The lowest BCUT2D eigenvalue weighted by Crippen LogP contribution is -2.49. The van der Waals surface area contributed by atoms with Gasteiger partial charge in [-0.15, -0.1) is 0 Å². The van der Waals surface area contributed by atoms with E-state index in [9.17, 15) is 0 Å². The predicted molar refractivity (Wildman–Crippen MR) is 45.1 cm³/mol. The molecule has 0 heterocycles. The van der Waals surface area contributed by atoms with Crippen LogP contribution in [0.25, 0.3) is 0 Å². The van der Waals surface area contributed by atoms with Crippen LogP contribution in [0.1, 0.15) is 38.5 Å². The molecule has 3 aliphatic carbocycles. The van der Waals surface area contributed by atoms with Crippen molar-refractivity contribution in [1.29, 1.82) is 0 Å². The lowest BCUT2D eigenvalue weighted by molar-refractivity contribution is 0.141. The molecule has 3 saturated carbocycles. The van der Waals surface area contributed by atoms with Gasteiger partial charge in [-0.2, -0.15) is 0 Å². The average Bonchev–Trinajstić information content (AvgIpc) is 2.12. The van der Waals surface area contributed by atoms with E-state index in [1.807, 2.05) is 0 Å². The molecule has 0 radical (unpaired) electrons. The van der Waals surface area contributed by atoms with Crippen LogP contribution in [0.5, 0.6) is 0 Å². The molecular weight excluding hydrogens is 134 g/mol. The Morgan fingerprint density at radius 2 is 1.82 bits per heavy atom. The van der Waals surface area contributed by atoms with Crippen LogP contribution in [0.15, 0.2) is 0 Å². The van der Waals surface area contributed by atoms with E-state index in [2.05, 4.69) is 0 Å². The minimum Gasteiger partial charge on any atom is -0.325 e. The van der Waals surface area contributed by atoms with Crippen LogP contribution >= 0.6 is 0 Å². The fraction of sp³-hybridized carbons (Fsp3) is 1.00. The Morgan fingerprint density at radius 1 is 1.00 bits per heavy atom. The molecule has 0 aromatic carbocycles. The van der Waals surface area contributed by atoms with Gasteiger partial charge in [0.1, 0.15) is 0 Å². The van der Waals surface area contributed by atoms with Crippen LogP contribution < -0.4 is 5.73 Å². The van der Waals surface area contributed by atoms with Crippen molar-refractivity contribution < 1.29 is 0 Å². The highest BCUT2D eigenvalue weighted by molar-refractivity contribution is 5.07. The number of nitrogens with two attached hydrogens (primary N) is 1. The molecule has 62 valence electrons. The molecule has 0 aromatic rings. The first-order chi connectivity index (χ1) is 5.26. The zero-order chi connectivity index (χ0) is 7.47. The van der Waals surface area contributed by atoms with Gasteiger partial charge in [0.05, 0.1) is 0 Å². The topological polar surface area (TPSA) is 26.0 Å². The van der Waals surface area contributed by atoms with Crippen LogP contribution in [-0.4, -0.2) is 5.54 Å². The van der Waals surface area contributed by atoms with Gasteiger partial charge in [0.15, 0.2) is 0 Å². The van der Waals surface area contributed by atoms with E-state index in [1.165, 1.54) is 38.5 Å². The maximum absolute atomic E-state index is 6.39. The van der Waals surface area contributed by atoms with Crippen molar-refractivity contribution in [3.05, 3.63) is 0 Å². The highest BCUT2D eigenvalue weighted by Crippen LogP contribution is 2.56. The van der Waals surface area contributed by atoms with Crippen molar-refractivity contribution in [3.8, 4) is 0 Å². The van der Waals surface area contributed by atoms with Crippen LogP contribution in [0.4, 0.5) is 0 Å². The Kier molecular flexibility index (Phi) is 1.07. The van der Waals surface area contributed by atoms with Crippen molar-refractivity contribution in [1.82, 2.24) is 0 Å². The SMILES string of the molecule is NC12CC3CCC1CC(C3)C2. The van der Waals surface area contributed by atoms with Crippen molar-refractivity contribution in [2.24, 2.45) is 23.5 Å². The van der Waals surface area contributed by atoms with Gasteiger partial charge in [-0.3, -0.25) is 0 Å². The molecule has 1 nitrogen and oxygen atoms in total. The van der Waals surface area contributed by atoms with Crippen LogP contribution in [-0.2, 0) is 0 Å². The van der Waals surface area contributed by atoms with E-state index >= 15 is 0 Å². The van der Waals surface area contributed by atoms with Gasteiger partial charge in [0.25, 0.3) is 0 Å². The van der Waals surface area contributed by atoms with Crippen molar-refractivity contribution >= 4 is 0 Å². The zero-order valence-electron chi connectivity index (χ0n) is 7.05. The molecule has 0 saturated heterocycles. The summed E-state index contributed by atoms with van der Waals surface area (Å²) in [4.78, 5) is 0. The maximum atomic E-state index is 6.39. The molecular formula is C10H17N. The summed E-state index contributed by atoms with van der Waals surface area (Å²) in [5.74, 6) is 2.94. The summed E-state index contributed by atoms with van der Waals surface area (Å²) >= 11 is 0. The minimum absolute atomic E-state index is 0.311. The predicted octanol–water partition coefficient (Wildman–Crippen LogP) is 1.91. The normalized spacial score (nSPS) is 60.3. The van der Waals surface area contributed by atoms with E-state index in [1.54, 1.807) is 0 Å². The van der Waals surface area contributed by atoms with Gasteiger partial charge in [0.2, 0.25) is 0 Å². The molecule has 4 atom stereocenters. The molecule has 2 N–H and O–H groups in total. The Balaban J connectivity index is 2.00. The first kappa shape index (κ1) is 6.47. The van der Waals surface area contributed by atoms with Gasteiger partial charge in [-0.1, -0.05) is 6.42 Å². The van der Waals surface area contributed by atoms with Crippen molar-refractivity contribution in [3.63, 3.8) is 0 Å². The molecule has 4 unspecified atom stereocenters. The first-order valence-electron chi connectivity index (χ1n) is 5.05. The second-order valence-corrected chi connectivity index (χ2v) is 5.12. The summed E-state index contributed by atoms with van der Waals surface area (Å²) in [7, 11) is 0. The molecule has 1 heteroatoms. The second-order valence-electron chi connectivity index (χ2n) is 5.12. The fourth-order valence-electron chi connectivity index (χ4n) is 4.01. The van der Waals surface area contributed by atoms with Gasteiger partial charge < -0.3 is 5.73 Å². The van der Waals surface area contributed by atoms with Gasteiger partial charge in [-0.25, -0.2) is 0 Å². The molecule has 3 aliphatic rings. The largest absolute Gasteiger partial charge is 0.325 e. The van der Waals surface area contributed by atoms with Crippen LogP contribution in [0, 0.1) is 17.8 Å². The Labute approximate surface area is 68.3 Å². The van der Waals surface area contributed by atoms with E-state index in [4.69, 9.17) is 5.73 Å². The first-order valence-corrected chi connectivity index (χ1v) is 5.05. The van der Waals surface area contributed by atoms with E-state index in [0.29, 0.717) is 5.54 Å². The monoisotopic (exact) mass is 151 g/mol. The number of hydrogen-bond donors (Lipinski definition) is 1. The summed E-state index contributed by atoms with van der Waals surface area (Å²) in [6.07, 6.45) is 8.61. The summed E-state index contributed by atoms with van der Waals surface area (Å²) in [6.45, 7) is 0. The maximum Gasteiger partial charge on any atom is 0.0188 e. The summed E-state index contributed by atoms with van der Waals surface area (Å²) in [5, 5.41) is 0. The molecule has 0 aliphatic heterocycles. The molecule has 0 spiro atoms. The Morgan fingerprint density at radius 3 is 2.73 bits per heavy atom. The second kappa shape index (κ2) is 1.82. The van der Waals surface area contributed by atoms with Crippen LogP contribution in [0.3, 0.4) is 0 Å². The zero-order valence-corrected chi connectivity index (χ0v) is 7.05. The molecule has 3 fully saturated rings. The van der Waals surface area contributed by atoms with Gasteiger partial charge in [0, 0.05) is 5.54 Å². The number of rotatable bonds is 0. The molecule has 0 aromatic heterocycles. The van der Waals surface area contributed by atoms with Crippen molar-refractivity contribution in [2.45, 2.75) is 44.1 Å². The average molecular weight is 151 g/mol. The third kappa shape index (κ3) is 0.752. The third-order valence-corrected chi connectivity index (χ3v) is 4.36. The van der Waals surface area contributed by atoms with E-state index in [-0.39, 0.29) is 0 Å². The van der Waals surface area contributed by atoms with E-state index < -0.39 is 0 Å². The van der Waals surface area contributed by atoms with Gasteiger partial charge in [-0.05, 0) is 49.9 Å². The lowest BCUT2D eigenvalue weighted by Gasteiger charge is -2.42. The van der Waals surface area contributed by atoms with Crippen molar-refractivity contribution in [2.75, 3.05) is 0 Å². The Bertz CT molecular complexity index is 189. The fourth-order valence-corrected chi connectivity index (χ4v) is 4.01. The molecule has 11 heavy (non-hydrogen) atoms. The summed E-state index contributed by atoms with van der Waals surface area (Å²) in [6, 6.07) is 0. The smallest absolute Gasteiger partial charge is 0.0188 e. The standard InChI is InChI=1S/C10H17N/c11-10-5-7-1-2-9(10)4-8(3-7)6-10/h7-9H,1-6,11H2. The summed E-state index contributed by atoms with van der Waals surface area (Å²) < 4.78 is 0. The van der Waals surface area contributed by atoms with Crippen LogP contribution in [0.2, 0.25) is 0 Å². The molecule has 0 amide bonds. The number of fused-ring (bicyclic) bond motifs is 2. The number of hydrogen-bond acceptors (Lipinski definition) is 1. The Hall–Kier alpha value is -0.0400. The summed E-state index contributed by atoms with van der Waals surface area (Å²) in [5.41, 5.74) is 6.70. The minimum atomic E-state index is 0.311. The highest BCUT2D eigenvalue weighted by Gasteiger charge is 2.52. The molecule has 3 rings (SSSR count). The van der Waals surface area contributed by atoms with E-state index in [0.717, 1.165) is 17.8 Å². The third-order valence-electron chi connectivity index (χ3n) is 4.36. The quantitative estimate of drug-likeness (QED) is 0.562. The molecule has 3 bridgehead atoms. The van der Waals surface area contributed by atoms with Gasteiger partial charge >= 0.3 is 0 Å². The lowest BCUT2D eigenvalue weighted by atomic mass is 9.67.